The average Bonchev–Trinajstić information content (AvgIpc) is 2.90. The molecule has 0 aromatic rings. The third-order valence-corrected chi connectivity index (χ3v) is 5.66. The Kier molecular flexibility index (Phi) is 9.19. The van der Waals surface area contributed by atoms with Gasteiger partial charge in [-0.2, -0.15) is 0 Å². The molecular weight excluding hydrogens is 401 g/mol. The Labute approximate surface area is 159 Å². The molecule has 0 unspecified atom stereocenters. The Hall–Kier alpha value is -0.0400. The standard InChI is InChI=1S/C18H35N3O.HI/c1-4-19-16(20-14-17(2)8-5-6-9-17)21-15-18(10-7-11-18)12-13-22-3;/h4-15H2,1-3H3,(H2,19,20,21);1H. The molecule has 0 aromatic carbocycles. The first kappa shape index (κ1) is 21.0. The van der Waals surface area contributed by atoms with Gasteiger partial charge in [-0.1, -0.05) is 26.2 Å². The zero-order valence-electron chi connectivity index (χ0n) is 15.2. The quantitative estimate of drug-likeness (QED) is 0.344. The second kappa shape index (κ2) is 10.1. The van der Waals surface area contributed by atoms with Crippen molar-refractivity contribution < 1.29 is 4.74 Å². The monoisotopic (exact) mass is 437 g/mol. The minimum Gasteiger partial charge on any atom is -0.385 e. The summed E-state index contributed by atoms with van der Waals surface area (Å²) in [7, 11) is 1.80. The van der Waals surface area contributed by atoms with E-state index in [1.54, 1.807) is 7.11 Å². The van der Waals surface area contributed by atoms with Crippen LogP contribution in [-0.2, 0) is 4.74 Å². The largest absolute Gasteiger partial charge is 0.385 e. The maximum atomic E-state index is 5.28. The van der Waals surface area contributed by atoms with Crippen LogP contribution < -0.4 is 10.6 Å². The van der Waals surface area contributed by atoms with Gasteiger partial charge in [0.25, 0.3) is 0 Å². The summed E-state index contributed by atoms with van der Waals surface area (Å²) in [6, 6.07) is 0. The predicted octanol–water partition coefficient (Wildman–Crippen LogP) is 3.95. The fourth-order valence-corrected chi connectivity index (χ4v) is 3.78. The van der Waals surface area contributed by atoms with Gasteiger partial charge in [0.2, 0.25) is 0 Å². The summed E-state index contributed by atoms with van der Waals surface area (Å²) in [5.74, 6) is 0.999. The number of nitrogens with zero attached hydrogens (tertiary/aromatic N) is 1. The number of methoxy groups -OCH3 is 1. The molecular formula is C18H36IN3O. The van der Waals surface area contributed by atoms with Crippen molar-refractivity contribution in [2.75, 3.05) is 33.4 Å². The SMILES string of the molecule is CCNC(=NCC1(C)CCCC1)NCC1(CCOC)CCC1.I. The lowest BCUT2D eigenvalue weighted by Gasteiger charge is -2.42. The van der Waals surface area contributed by atoms with Crippen molar-refractivity contribution in [2.24, 2.45) is 15.8 Å². The molecule has 0 saturated heterocycles. The molecule has 4 nitrogen and oxygen atoms in total. The molecule has 2 rings (SSSR count). The fraction of sp³-hybridized carbons (Fsp3) is 0.944. The van der Waals surface area contributed by atoms with Crippen molar-refractivity contribution >= 4 is 29.9 Å². The predicted molar refractivity (Wildman–Crippen MR) is 109 cm³/mol. The number of guanidine groups is 1. The van der Waals surface area contributed by atoms with E-state index < -0.39 is 0 Å². The van der Waals surface area contributed by atoms with Gasteiger partial charge in [0, 0.05) is 33.4 Å². The summed E-state index contributed by atoms with van der Waals surface area (Å²) < 4.78 is 5.28. The van der Waals surface area contributed by atoms with E-state index in [4.69, 9.17) is 9.73 Å². The van der Waals surface area contributed by atoms with Gasteiger partial charge in [-0.05, 0) is 49.9 Å². The molecule has 23 heavy (non-hydrogen) atoms. The number of hydrogen-bond donors (Lipinski definition) is 2. The van der Waals surface area contributed by atoms with Gasteiger partial charge >= 0.3 is 0 Å². The zero-order valence-corrected chi connectivity index (χ0v) is 17.6. The molecule has 0 amide bonds. The van der Waals surface area contributed by atoms with Crippen LogP contribution in [0.25, 0.3) is 0 Å². The minimum atomic E-state index is 0. The normalized spacial score (nSPS) is 22.1. The number of nitrogens with one attached hydrogen (secondary N) is 2. The van der Waals surface area contributed by atoms with Crippen molar-refractivity contribution in [1.82, 2.24) is 10.6 Å². The Morgan fingerprint density at radius 1 is 1.09 bits per heavy atom. The van der Waals surface area contributed by atoms with Crippen LogP contribution in [0.1, 0.15) is 65.2 Å². The van der Waals surface area contributed by atoms with E-state index >= 15 is 0 Å². The van der Waals surface area contributed by atoms with E-state index in [-0.39, 0.29) is 24.0 Å². The molecule has 0 spiro atoms. The first-order chi connectivity index (χ1) is 10.6. The van der Waals surface area contributed by atoms with Crippen LogP contribution in [0.15, 0.2) is 4.99 Å². The Bertz CT molecular complexity index is 363. The summed E-state index contributed by atoms with van der Waals surface area (Å²) in [6.45, 7) is 8.30. The highest BCUT2D eigenvalue weighted by Crippen LogP contribution is 2.43. The Morgan fingerprint density at radius 3 is 2.30 bits per heavy atom. The van der Waals surface area contributed by atoms with Crippen molar-refractivity contribution in [3.63, 3.8) is 0 Å². The molecule has 2 fully saturated rings. The summed E-state index contributed by atoms with van der Waals surface area (Å²) in [6.07, 6.45) is 10.6. The summed E-state index contributed by atoms with van der Waals surface area (Å²) >= 11 is 0. The maximum absolute atomic E-state index is 5.28. The van der Waals surface area contributed by atoms with Crippen LogP contribution in [0, 0.1) is 10.8 Å². The number of aliphatic imine (C=N–C) groups is 1. The molecule has 0 aliphatic heterocycles. The van der Waals surface area contributed by atoms with E-state index in [1.807, 2.05) is 0 Å². The molecule has 0 atom stereocenters. The van der Waals surface area contributed by atoms with Gasteiger partial charge in [0.05, 0.1) is 0 Å². The lowest BCUT2D eigenvalue weighted by molar-refractivity contribution is 0.0732. The molecule has 5 heteroatoms. The van der Waals surface area contributed by atoms with Crippen LogP contribution in [0.5, 0.6) is 0 Å². The van der Waals surface area contributed by atoms with Crippen LogP contribution in [0.2, 0.25) is 0 Å². The van der Waals surface area contributed by atoms with Crippen LogP contribution in [0.3, 0.4) is 0 Å². The zero-order chi connectivity index (χ0) is 15.9. The van der Waals surface area contributed by atoms with E-state index in [0.29, 0.717) is 10.8 Å². The summed E-state index contributed by atoms with van der Waals surface area (Å²) in [5, 5.41) is 7.01. The van der Waals surface area contributed by atoms with Gasteiger partial charge in [0.1, 0.15) is 0 Å². The molecule has 2 N–H and O–H groups in total. The number of rotatable bonds is 8. The van der Waals surface area contributed by atoms with E-state index in [9.17, 15) is 0 Å². The topological polar surface area (TPSA) is 45.7 Å². The number of ether oxygens (including phenoxy) is 1. The molecule has 0 heterocycles. The first-order valence-corrected chi connectivity index (χ1v) is 9.13. The van der Waals surface area contributed by atoms with Crippen molar-refractivity contribution in [3.05, 3.63) is 0 Å². The van der Waals surface area contributed by atoms with Crippen molar-refractivity contribution in [1.29, 1.82) is 0 Å². The maximum Gasteiger partial charge on any atom is 0.191 e. The highest BCUT2D eigenvalue weighted by Gasteiger charge is 2.36. The van der Waals surface area contributed by atoms with Gasteiger partial charge < -0.3 is 15.4 Å². The highest BCUT2D eigenvalue weighted by molar-refractivity contribution is 14.0. The summed E-state index contributed by atoms with van der Waals surface area (Å²) in [4.78, 5) is 4.87. The second-order valence-corrected chi connectivity index (χ2v) is 7.66. The minimum absolute atomic E-state index is 0. The number of halogens is 1. The lowest BCUT2D eigenvalue weighted by atomic mass is 9.67. The molecule has 0 radical (unpaired) electrons. The van der Waals surface area contributed by atoms with E-state index in [1.165, 1.54) is 44.9 Å². The third-order valence-electron chi connectivity index (χ3n) is 5.66. The summed E-state index contributed by atoms with van der Waals surface area (Å²) in [5.41, 5.74) is 0.857. The van der Waals surface area contributed by atoms with Crippen LogP contribution in [-0.4, -0.2) is 39.3 Å². The lowest BCUT2D eigenvalue weighted by Crippen LogP contribution is -2.47. The molecule has 2 saturated carbocycles. The first-order valence-electron chi connectivity index (χ1n) is 9.13. The Balaban J connectivity index is 0.00000264. The van der Waals surface area contributed by atoms with Crippen LogP contribution >= 0.6 is 24.0 Å². The fourth-order valence-electron chi connectivity index (χ4n) is 3.78. The van der Waals surface area contributed by atoms with Gasteiger partial charge in [-0.15, -0.1) is 24.0 Å². The molecule has 2 aliphatic carbocycles. The van der Waals surface area contributed by atoms with Gasteiger partial charge in [-0.3, -0.25) is 4.99 Å². The molecule has 0 aromatic heterocycles. The molecule has 0 bridgehead atoms. The van der Waals surface area contributed by atoms with E-state index in [0.717, 1.165) is 38.6 Å². The van der Waals surface area contributed by atoms with Crippen molar-refractivity contribution in [2.45, 2.75) is 65.2 Å². The molecule has 136 valence electrons. The van der Waals surface area contributed by atoms with Crippen molar-refractivity contribution in [3.8, 4) is 0 Å². The van der Waals surface area contributed by atoms with E-state index in [2.05, 4.69) is 24.5 Å². The molecule has 2 aliphatic rings. The smallest absolute Gasteiger partial charge is 0.191 e. The van der Waals surface area contributed by atoms with Gasteiger partial charge in [0.15, 0.2) is 5.96 Å². The average molecular weight is 437 g/mol. The second-order valence-electron chi connectivity index (χ2n) is 7.66. The van der Waals surface area contributed by atoms with Crippen LogP contribution in [0.4, 0.5) is 0 Å². The Morgan fingerprint density at radius 2 is 1.78 bits per heavy atom. The highest BCUT2D eigenvalue weighted by atomic mass is 127. The van der Waals surface area contributed by atoms with Gasteiger partial charge in [-0.25, -0.2) is 0 Å². The number of hydrogen-bond acceptors (Lipinski definition) is 2. The third kappa shape index (κ3) is 6.40.